The van der Waals surface area contributed by atoms with Crippen molar-refractivity contribution >= 4 is 37.5 Å². The van der Waals surface area contributed by atoms with Crippen molar-refractivity contribution < 1.29 is 5.48 Å². The van der Waals surface area contributed by atoms with Crippen LogP contribution in [0.15, 0.2) is 15.1 Å². The number of aromatic nitrogens is 1. The average Bonchev–Trinajstić information content (AvgIpc) is 2.06. The van der Waals surface area contributed by atoms with Crippen molar-refractivity contribution in [3.05, 3.63) is 20.8 Å². The van der Waals surface area contributed by atoms with E-state index >= 15 is 0 Å². The summed E-state index contributed by atoms with van der Waals surface area (Å²) in [6, 6.07) is -0.203. The normalized spacial score (nSPS) is 17.0. The average molecular weight is 270 g/mol. The molecule has 1 aromatic rings. The van der Waals surface area contributed by atoms with Gasteiger partial charge in [0.1, 0.15) is 4.60 Å². The van der Waals surface area contributed by atoms with E-state index in [1.54, 1.807) is 0 Å². The Morgan fingerprint density at radius 2 is 2.50 bits per heavy atom. The van der Waals surface area contributed by atoms with E-state index in [2.05, 4.69) is 36.8 Å². The summed E-state index contributed by atoms with van der Waals surface area (Å²) in [5.74, 6) is 0. The van der Waals surface area contributed by atoms with Gasteiger partial charge in [-0.3, -0.25) is 0 Å². The van der Waals surface area contributed by atoms with Gasteiger partial charge in [0.2, 0.25) is 0 Å². The van der Waals surface area contributed by atoms with Gasteiger partial charge in [0.05, 0.1) is 7.06 Å². The molecule has 2 N–H and O–H groups in total. The lowest BCUT2D eigenvalue weighted by atomic mass is 10.3. The summed E-state index contributed by atoms with van der Waals surface area (Å²) < 4.78 is 29.4. The number of rotatable bonds is 0. The molecule has 1 rings (SSSR count). The van der Waals surface area contributed by atoms with Crippen molar-refractivity contribution in [3.63, 3.8) is 0 Å². The van der Waals surface area contributed by atoms with Crippen molar-refractivity contribution in [1.82, 2.24) is 4.98 Å². The summed E-state index contributed by atoms with van der Waals surface area (Å²) in [5.41, 5.74) is 5.49. The summed E-state index contributed by atoms with van der Waals surface area (Å²) in [5, 5.41) is 0. The van der Waals surface area contributed by atoms with E-state index in [0.29, 0.717) is 0 Å². The third kappa shape index (κ3) is 1.49. The molecule has 10 heavy (non-hydrogen) atoms. The van der Waals surface area contributed by atoms with E-state index in [0.717, 1.165) is 0 Å². The van der Waals surface area contributed by atoms with E-state index < -0.39 is 6.85 Å². The second-order valence-electron chi connectivity index (χ2n) is 1.60. The number of anilines is 1. The molecule has 0 aliphatic rings. The van der Waals surface area contributed by atoms with Gasteiger partial charge >= 0.3 is 0 Å². The van der Waals surface area contributed by atoms with Crippen LogP contribution < -0.4 is 5.73 Å². The van der Waals surface area contributed by atoms with Gasteiger partial charge in [-0.1, -0.05) is 0 Å². The molecule has 0 saturated heterocycles. The number of aryl methyl sites for hydroxylation is 1. The summed E-state index contributed by atoms with van der Waals surface area (Å²) in [7, 11) is 0. The van der Waals surface area contributed by atoms with Gasteiger partial charge in [0.15, 0.2) is 0 Å². The smallest absolute Gasteiger partial charge is 0.130 e. The molecule has 0 aliphatic heterocycles. The maximum Gasteiger partial charge on any atom is 0.130 e. The molecule has 54 valence electrons. The first-order chi connectivity index (χ1) is 6.25. The molecule has 0 spiro atoms. The van der Waals surface area contributed by atoms with Gasteiger partial charge in [-0.05, 0) is 44.8 Å². The number of pyridine rings is 1. The van der Waals surface area contributed by atoms with Crippen LogP contribution in [0.1, 0.15) is 11.2 Å². The van der Waals surface area contributed by atoms with Gasteiger partial charge in [-0.25, -0.2) is 4.98 Å². The zero-order valence-corrected chi connectivity index (χ0v) is 7.95. The van der Waals surface area contributed by atoms with E-state index in [1.807, 2.05) is 0 Å². The fourth-order valence-electron chi connectivity index (χ4n) is 0.448. The highest BCUT2D eigenvalue weighted by Gasteiger charge is 2.01. The Kier molecular flexibility index (Phi) is 1.17. The van der Waals surface area contributed by atoms with E-state index in [1.165, 1.54) is 0 Å². The molecule has 1 heterocycles. The number of nitrogens with zero attached hydrogens (tertiary/aromatic N) is 1. The van der Waals surface area contributed by atoms with Gasteiger partial charge in [-0.2, -0.15) is 0 Å². The number of nitrogen functional groups attached to an aromatic ring is 1. The van der Waals surface area contributed by atoms with Crippen molar-refractivity contribution in [2.45, 2.75) is 6.85 Å². The molecule has 0 aromatic carbocycles. The Hall–Kier alpha value is -0.0900. The molecule has 0 aliphatic carbocycles. The zero-order chi connectivity index (χ0) is 11.1. The molecular weight excluding hydrogens is 260 g/mol. The van der Waals surface area contributed by atoms with Crippen LogP contribution in [0.3, 0.4) is 0 Å². The van der Waals surface area contributed by atoms with Crippen LogP contribution in [0, 0.1) is 6.85 Å². The van der Waals surface area contributed by atoms with Crippen LogP contribution >= 0.6 is 31.9 Å². The van der Waals surface area contributed by atoms with Crippen LogP contribution in [0.5, 0.6) is 0 Å². The lowest BCUT2D eigenvalue weighted by Gasteiger charge is -2.00. The van der Waals surface area contributed by atoms with Crippen molar-refractivity contribution in [3.8, 4) is 0 Å². The van der Waals surface area contributed by atoms with Gasteiger partial charge in [0.25, 0.3) is 0 Å². The quantitative estimate of drug-likeness (QED) is 0.735. The van der Waals surface area contributed by atoms with Crippen LogP contribution in [0.25, 0.3) is 0 Å². The Morgan fingerprint density at radius 3 is 3.10 bits per heavy atom. The van der Waals surface area contributed by atoms with Crippen LogP contribution in [0.4, 0.5) is 5.69 Å². The Balaban J connectivity index is 3.49. The predicted octanol–water partition coefficient (Wildman–Crippen LogP) is 2.50. The maximum absolute atomic E-state index is 7.52. The van der Waals surface area contributed by atoms with Gasteiger partial charge in [-0.15, -0.1) is 0 Å². The Bertz CT molecular complexity index is 377. The largest absolute Gasteiger partial charge is 0.396 e. The van der Waals surface area contributed by atoms with Crippen molar-refractivity contribution in [1.29, 1.82) is 0 Å². The molecule has 0 saturated carbocycles. The van der Waals surface area contributed by atoms with Crippen molar-refractivity contribution in [2.75, 3.05) is 5.73 Å². The minimum Gasteiger partial charge on any atom is -0.396 e. The summed E-state index contributed by atoms with van der Waals surface area (Å²) >= 11 is 6.06. The van der Waals surface area contributed by atoms with Crippen molar-refractivity contribution in [2.24, 2.45) is 0 Å². The molecule has 0 unspecified atom stereocenters. The minimum absolute atomic E-state index is 0.203. The molecule has 1 aromatic heterocycles. The Labute approximate surface area is 81.7 Å². The second kappa shape index (κ2) is 2.88. The monoisotopic (exact) mass is 268 g/mol. The maximum atomic E-state index is 7.52. The number of hydrogen-bond donors (Lipinski definition) is 1. The second-order valence-corrected chi connectivity index (χ2v) is 3.15. The van der Waals surface area contributed by atoms with Crippen LogP contribution in [-0.4, -0.2) is 4.98 Å². The van der Waals surface area contributed by atoms with Crippen LogP contribution in [-0.2, 0) is 0 Å². The predicted molar refractivity (Wildman–Crippen MR) is 48.8 cm³/mol. The highest BCUT2D eigenvalue weighted by atomic mass is 79.9. The SMILES string of the molecule is [2H]c1c(C([2H])([2H])[2H])nc(Br)c(N)c1Br. The third-order valence-electron chi connectivity index (χ3n) is 0.897. The number of halogens is 2. The molecule has 0 atom stereocenters. The fourth-order valence-corrected chi connectivity index (χ4v) is 1.47. The third-order valence-corrected chi connectivity index (χ3v) is 2.13. The van der Waals surface area contributed by atoms with E-state index in [9.17, 15) is 0 Å². The standard InChI is InChI=1S/C6H6Br2N2/c1-3-2-4(7)5(9)6(8)10-3/h2H,9H2,1H3/i1D3,2D. The first-order valence-corrected chi connectivity index (χ1v) is 3.95. The van der Waals surface area contributed by atoms with E-state index in [-0.39, 0.29) is 26.5 Å². The van der Waals surface area contributed by atoms with Crippen LogP contribution in [0.2, 0.25) is 0 Å². The molecular formula is C6H6Br2N2. The topological polar surface area (TPSA) is 38.9 Å². The highest BCUT2D eigenvalue weighted by Crippen LogP contribution is 2.26. The summed E-state index contributed by atoms with van der Waals surface area (Å²) in [6.45, 7) is -2.41. The molecule has 0 bridgehead atoms. The molecule has 0 amide bonds. The zero-order valence-electron chi connectivity index (χ0n) is 8.78. The molecule has 0 radical (unpaired) electrons. The highest BCUT2D eigenvalue weighted by molar-refractivity contribution is 9.11. The molecule has 2 nitrogen and oxygen atoms in total. The first kappa shape index (κ1) is 4.07. The lowest BCUT2D eigenvalue weighted by molar-refractivity contribution is 1.16. The molecule has 4 heteroatoms. The van der Waals surface area contributed by atoms with Gasteiger partial charge in [0, 0.05) is 14.3 Å². The first-order valence-electron chi connectivity index (χ1n) is 4.36. The summed E-state index contributed by atoms with van der Waals surface area (Å²) in [6.07, 6.45) is 0. The Morgan fingerprint density at radius 1 is 1.80 bits per heavy atom. The lowest BCUT2D eigenvalue weighted by Crippen LogP contribution is -1.92. The minimum atomic E-state index is -2.41. The summed E-state index contributed by atoms with van der Waals surface area (Å²) in [4.78, 5) is 3.72. The van der Waals surface area contributed by atoms with E-state index in [4.69, 9.17) is 11.2 Å². The molecule has 0 fully saturated rings. The number of hydrogen-bond acceptors (Lipinski definition) is 2. The fraction of sp³-hybridized carbons (Fsp3) is 0.167. The van der Waals surface area contributed by atoms with Gasteiger partial charge < -0.3 is 5.73 Å². The number of nitrogens with two attached hydrogens (primary N) is 1.